The third-order valence-corrected chi connectivity index (χ3v) is 5.39. The molecular formula is C17H17N3O3S. The van der Waals surface area contributed by atoms with Crippen LogP contribution in [0.2, 0.25) is 0 Å². The van der Waals surface area contributed by atoms with E-state index in [0.29, 0.717) is 11.7 Å². The molecule has 0 radical (unpaired) electrons. The van der Waals surface area contributed by atoms with Gasteiger partial charge in [-0.1, -0.05) is 17.3 Å². The van der Waals surface area contributed by atoms with E-state index in [4.69, 9.17) is 9.72 Å². The van der Waals surface area contributed by atoms with E-state index >= 15 is 0 Å². The van der Waals surface area contributed by atoms with Crippen molar-refractivity contribution in [3.8, 4) is 17.6 Å². The summed E-state index contributed by atoms with van der Waals surface area (Å²) in [6.07, 6.45) is 0.133. The van der Waals surface area contributed by atoms with Crippen molar-refractivity contribution >= 4 is 32.7 Å². The minimum Gasteiger partial charge on any atom is -0.493 e. The molecule has 1 aromatic heterocycles. The van der Waals surface area contributed by atoms with E-state index in [0.717, 1.165) is 28.0 Å². The number of ether oxygens (including phenoxy) is 1. The Morgan fingerprint density at radius 3 is 3.12 bits per heavy atom. The Morgan fingerprint density at radius 1 is 1.54 bits per heavy atom. The molecule has 0 aliphatic carbocycles. The van der Waals surface area contributed by atoms with Crippen LogP contribution in [0.15, 0.2) is 12.1 Å². The molecule has 2 N–H and O–H groups in total. The predicted octanol–water partition coefficient (Wildman–Crippen LogP) is 1.90. The summed E-state index contributed by atoms with van der Waals surface area (Å²) in [5.74, 6) is 6.75. The van der Waals surface area contributed by atoms with Gasteiger partial charge in [-0.15, -0.1) is 5.92 Å². The number of carbonyl (C=O) groups excluding carboxylic acids is 1. The molecule has 1 saturated heterocycles. The van der Waals surface area contributed by atoms with Crippen LogP contribution in [-0.2, 0) is 6.42 Å². The first-order chi connectivity index (χ1) is 11.6. The molecule has 2 aliphatic heterocycles. The smallest absolute Gasteiger partial charge is 0.325 e. The molecule has 24 heavy (non-hydrogen) atoms. The maximum absolute atomic E-state index is 12.5. The summed E-state index contributed by atoms with van der Waals surface area (Å²) in [5.41, 5.74) is 1.99. The van der Waals surface area contributed by atoms with Crippen LogP contribution in [0.3, 0.4) is 0 Å². The molecule has 3 heterocycles. The van der Waals surface area contributed by atoms with Gasteiger partial charge >= 0.3 is 6.03 Å². The number of anilines is 1. The summed E-state index contributed by atoms with van der Waals surface area (Å²) in [7, 11) is 0. The topological polar surface area (TPSA) is 74.7 Å². The molecule has 0 bridgehead atoms. The fourth-order valence-electron chi connectivity index (χ4n) is 3.23. The summed E-state index contributed by atoms with van der Waals surface area (Å²) in [6.45, 7) is 4.05. The quantitative estimate of drug-likeness (QED) is 0.817. The van der Waals surface area contributed by atoms with Crippen LogP contribution in [0, 0.1) is 11.8 Å². The Balaban J connectivity index is 1.80. The van der Waals surface area contributed by atoms with Crippen LogP contribution < -0.4 is 15.0 Å². The molecule has 0 spiro atoms. The van der Waals surface area contributed by atoms with Crippen molar-refractivity contribution in [1.82, 2.24) is 10.3 Å². The van der Waals surface area contributed by atoms with Crippen LogP contribution in [0.5, 0.6) is 5.75 Å². The van der Waals surface area contributed by atoms with Gasteiger partial charge in [-0.2, -0.15) is 0 Å². The molecule has 0 unspecified atom stereocenters. The van der Waals surface area contributed by atoms with E-state index in [1.54, 1.807) is 18.7 Å². The SMILES string of the molecule is CC#C[C@H]1[C@H]([C@H](C)O)NC(=O)N1c1nc2c3c(ccc2s1)OCC3. The van der Waals surface area contributed by atoms with Crippen molar-refractivity contribution in [2.24, 2.45) is 0 Å². The van der Waals surface area contributed by atoms with Gasteiger partial charge in [-0.3, -0.25) is 4.90 Å². The summed E-state index contributed by atoms with van der Waals surface area (Å²) in [6, 6.07) is 2.78. The minimum absolute atomic E-state index is 0.277. The van der Waals surface area contributed by atoms with Crippen LogP contribution in [0.25, 0.3) is 10.2 Å². The fourth-order valence-corrected chi connectivity index (χ4v) is 4.26. The number of rotatable bonds is 2. The molecule has 2 amide bonds. The number of carbonyl (C=O) groups is 1. The lowest BCUT2D eigenvalue weighted by molar-refractivity contribution is 0.153. The number of benzene rings is 1. The first kappa shape index (κ1) is 15.2. The second kappa shape index (κ2) is 5.65. The Morgan fingerprint density at radius 2 is 2.38 bits per heavy atom. The molecule has 1 fully saturated rings. The van der Waals surface area contributed by atoms with Gasteiger partial charge < -0.3 is 15.2 Å². The zero-order chi connectivity index (χ0) is 16.8. The van der Waals surface area contributed by atoms with Crippen LogP contribution in [0.4, 0.5) is 9.93 Å². The lowest BCUT2D eigenvalue weighted by atomic mass is 10.1. The van der Waals surface area contributed by atoms with Gasteiger partial charge in [-0.25, -0.2) is 9.78 Å². The zero-order valence-electron chi connectivity index (χ0n) is 13.4. The monoisotopic (exact) mass is 343 g/mol. The van der Waals surface area contributed by atoms with Gasteiger partial charge in [0.25, 0.3) is 0 Å². The highest BCUT2D eigenvalue weighted by molar-refractivity contribution is 7.22. The van der Waals surface area contributed by atoms with Gasteiger partial charge in [0.15, 0.2) is 5.13 Å². The van der Waals surface area contributed by atoms with Crippen LogP contribution >= 0.6 is 11.3 Å². The van der Waals surface area contributed by atoms with E-state index in [1.165, 1.54) is 11.3 Å². The average Bonchev–Trinajstić information content (AvgIpc) is 3.22. The molecule has 4 rings (SSSR count). The predicted molar refractivity (Wildman–Crippen MR) is 92.5 cm³/mol. The number of thiazole rings is 1. The second-order valence-electron chi connectivity index (χ2n) is 5.91. The van der Waals surface area contributed by atoms with Gasteiger partial charge in [0.05, 0.1) is 29.0 Å². The Hall–Kier alpha value is -2.30. The van der Waals surface area contributed by atoms with E-state index < -0.39 is 18.2 Å². The maximum atomic E-state index is 12.5. The van der Waals surface area contributed by atoms with Crippen LogP contribution in [0.1, 0.15) is 19.4 Å². The average molecular weight is 343 g/mol. The minimum atomic E-state index is -0.697. The highest BCUT2D eigenvalue weighted by Crippen LogP contribution is 2.39. The fraction of sp³-hybridized carbons (Fsp3) is 0.412. The lowest BCUT2D eigenvalue weighted by Crippen LogP contribution is -2.42. The van der Waals surface area contributed by atoms with Crippen molar-refractivity contribution in [3.05, 3.63) is 17.7 Å². The normalized spacial score (nSPS) is 23.5. The third kappa shape index (κ3) is 2.22. The van der Waals surface area contributed by atoms with Crippen molar-refractivity contribution in [2.45, 2.75) is 38.5 Å². The first-order valence-electron chi connectivity index (χ1n) is 7.85. The largest absolute Gasteiger partial charge is 0.493 e. The second-order valence-corrected chi connectivity index (χ2v) is 6.92. The number of aromatic nitrogens is 1. The number of fused-ring (bicyclic) bond motifs is 3. The van der Waals surface area contributed by atoms with E-state index in [1.807, 2.05) is 12.1 Å². The number of aliphatic hydroxyl groups is 1. The number of hydrogen-bond acceptors (Lipinski definition) is 5. The molecule has 2 aliphatic rings. The van der Waals surface area contributed by atoms with Gasteiger partial charge in [-0.05, 0) is 26.0 Å². The zero-order valence-corrected chi connectivity index (χ0v) is 14.2. The standard InChI is InChI=1S/C17H17N3O3S/c1-3-4-11-14(9(2)21)18-16(22)20(11)17-19-15-10-7-8-23-12(10)5-6-13(15)24-17/h5-6,9,11,14,21H,7-8H2,1-2H3,(H,18,22)/t9-,11-,14-/m0/s1. The number of amides is 2. The molecule has 1 aromatic carbocycles. The molecule has 124 valence electrons. The Labute approximate surface area is 143 Å². The van der Waals surface area contributed by atoms with Crippen molar-refractivity contribution in [1.29, 1.82) is 0 Å². The van der Waals surface area contributed by atoms with E-state index in [2.05, 4.69) is 17.2 Å². The lowest BCUT2D eigenvalue weighted by Gasteiger charge is -2.21. The summed E-state index contributed by atoms with van der Waals surface area (Å²) < 4.78 is 6.61. The third-order valence-electron chi connectivity index (χ3n) is 4.37. The van der Waals surface area contributed by atoms with Gasteiger partial charge in [0, 0.05) is 12.0 Å². The summed E-state index contributed by atoms with van der Waals surface area (Å²) in [5, 5.41) is 13.4. The van der Waals surface area contributed by atoms with Crippen molar-refractivity contribution < 1.29 is 14.6 Å². The summed E-state index contributed by atoms with van der Waals surface area (Å²) in [4.78, 5) is 18.7. The highest BCUT2D eigenvalue weighted by atomic mass is 32.1. The van der Waals surface area contributed by atoms with Gasteiger partial charge in [0.1, 0.15) is 11.8 Å². The molecular weight excluding hydrogens is 326 g/mol. The molecule has 2 aromatic rings. The van der Waals surface area contributed by atoms with E-state index in [9.17, 15) is 9.90 Å². The highest BCUT2D eigenvalue weighted by Gasteiger charge is 2.43. The molecule has 7 heteroatoms. The number of aliphatic hydroxyl groups excluding tert-OH is 1. The van der Waals surface area contributed by atoms with Gasteiger partial charge in [0.2, 0.25) is 0 Å². The molecule has 0 saturated carbocycles. The number of nitrogens with one attached hydrogen (secondary N) is 1. The Kier molecular flexibility index (Phi) is 3.59. The first-order valence-corrected chi connectivity index (χ1v) is 8.67. The Bertz CT molecular complexity index is 880. The molecule has 3 atom stereocenters. The number of urea groups is 1. The van der Waals surface area contributed by atoms with Crippen molar-refractivity contribution in [2.75, 3.05) is 11.5 Å². The maximum Gasteiger partial charge on any atom is 0.325 e. The van der Waals surface area contributed by atoms with E-state index in [-0.39, 0.29) is 6.03 Å². The van der Waals surface area contributed by atoms with Crippen LogP contribution in [-0.4, -0.2) is 40.9 Å². The van der Waals surface area contributed by atoms with Crippen molar-refractivity contribution in [3.63, 3.8) is 0 Å². The molecule has 6 nitrogen and oxygen atoms in total. The number of nitrogens with zero attached hydrogens (tertiary/aromatic N) is 2. The number of hydrogen-bond donors (Lipinski definition) is 2. The summed E-state index contributed by atoms with van der Waals surface area (Å²) >= 11 is 1.46.